The Morgan fingerprint density at radius 3 is 2.30 bits per heavy atom. The number of sulfonamides is 1. The van der Waals surface area contributed by atoms with Crippen molar-refractivity contribution in [3.63, 3.8) is 0 Å². The molecule has 10 heteroatoms. The van der Waals surface area contributed by atoms with Crippen LogP contribution < -0.4 is 20.5 Å². The van der Waals surface area contributed by atoms with Gasteiger partial charge in [-0.25, -0.2) is 12.8 Å². The van der Waals surface area contributed by atoms with Gasteiger partial charge in [-0.05, 0) is 54.4 Å². The second-order valence-electron chi connectivity index (χ2n) is 7.09. The Morgan fingerprint density at radius 2 is 1.70 bits per heavy atom. The number of halogens is 1. The molecule has 172 valence electrons. The van der Waals surface area contributed by atoms with Crippen LogP contribution in [0.4, 0.5) is 10.1 Å². The van der Waals surface area contributed by atoms with Crippen molar-refractivity contribution < 1.29 is 27.1 Å². The van der Waals surface area contributed by atoms with Crippen LogP contribution in [0.3, 0.4) is 0 Å². The van der Waals surface area contributed by atoms with Gasteiger partial charge in [0, 0.05) is 11.3 Å². The van der Waals surface area contributed by atoms with Crippen molar-refractivity contribution >= 4 is 27.5 Å². The van der Waals surface area contributed by atoms with E-state index >= 15 is 0 Å². The van der Waals surface area contributed by atoms with Crippen molar-refractivity contribution in [2.45, 2.75) is 17.4 Å². The molecule has 0 aliphatic rings. The summed E-state index contributed by atoms with van der Waals surface area (Å²) in [6.07, 6.45) is 0.0307. The Balaban J connectivity index is 1.90. The van der Waals surface area contributed by atoms with Gasteiger partial charge in [0.2, 0.25) is 21.8 Å². The molecule has 33 heavy (non-hydrogen) atoms. The maximum Gasteiger partial charge on any atom is 0.248 e. The summed E-state index contributed by atoms with van der Waals surface area (Å²) in [5, 5.41) is 2.62. The number of rotatable bonds is 9. The number of nitrogens with two attached hydrogens (primary N) is 1. The summed E-state index contributed by atoms with van der Waals surface area (Å²) in [6, 6.07) is 16.5. The van der Waals surface area contributed by atoms with E-state index in [0.717, 1.165) is 12.1 Å². The van der Waals surface area contributed by atoms with Crippen LogP contribution in [0.15, 0.2) is 77.7 Å². The van der Waals surface area contributed by atoms with Crippen LogP contribution in [0.1, 0.15) is 15.9 Å². The highest BCUT2D eigenvalue weighted by atomic mass is 32.2. The molecule has 0 aliphatic carbocycles. The van der Waals surface area contributed by atoms with Gasteiger partial charge in [0.1, 0.15) is 22.5 Å². The van der Waals surface area contributed by atoms with Crippen LogP contribution in [0.5, 0.6) is 5.75 Å². The maximum absolute atomic E-state index is 13.8. The summed E-state index contributed by atoms with van der Waals surface area (Å²) in [4.78, 5) is 23.8. The van der Waals surface area contributed by atoms with Crippen molar-refractivity contribution in [1.29, 1.82) is 0 Å². The van der Waals surface area contributed by atoms with Gasteiger partial charge >= 0.3 is 0 Å². The summed E-state index contributed by atoms with van der Waals surface area (Å²) in [6.45, 7) is 0. The van der Waals surface area contributed by atoms with E-state index in [1.165, 1.54) is 37.4 Å². The minimum absolute atomic E-state index is 0.0307. The summed E-state index contributed by atoms with van der Waals surface area (Å²) in [5.74, 6) is -2.10. The van der Waals surface area contributed by atoms with Crippen molar-refractivity contribution in [3.8, 4) is 5.75 Å². The molecule has 1 atom stereocenters. The van der Waals surface area contributed by atoms with E-state index in [-0.39, 0.29) is 17.7 Å². The average molecular weight is 472 g/mol. The highest BCUT2D eigenvalue weighted by Crippen LogP contribution is 2.25. The van der Waals surface area contributed by atoms with E-state index in [1.807, 2.05) is 0 Å². The number of methoxy groups -OCH3 is 1. The average Bonchev–Trinajstić information content (AvgIpc) is 2.79. The van der Waals surface area contributed by atoms with Crippen LogP contribution in [-0.4, -0.2) is 33.4 Å². The molecule has 0 spiro atoms. The fourth-order valence-corrected chi connectivity index (χ4v) is 4.47. The lowest BCUT2D eigenvalue weighted by Crippen LogP contribution is -2.45. The zero-order chi connectivity index (χ0) is 24.0. The van der Waals surface area contributed by atoms with Gasteiger partial charge in [0.15, 0.2) is 0 Å². The Kier molecular flexibility index (Phi) is 7.41. The van der Waals surface area contributed by atoms with Gasteiger partial charge in [-0.2, -0.15) is 4.72 Å². The predicted molar refractivity (Wildman–Crippen MR) is 121 cm³/mol. The first-order chi connectivity index (χ1) is 15.7. The SMILES string of the molecule is COc1ccc(F)cc1S(=O)(=O)NC(Cc1ccccc1)C(=O)Nc1ccc(C(N)=O)cc1. The third kappa shape index (κ3) is 6.15. The van der Waals surface area contributed by atoms with Crippen molar-refractivity contribution in [1.82, 2.24) is 4.72 Å². The largest absolute Gasteiger partial charge is 0.495 e. The van der Waals surface area contributed by atoms with Gasteiger partial charge in [0.05, 0.1) is 7.11 Å². The molecule has 0 bridgehead atoms. The second-order valence-corrected chi connectivity index (χ2v) is 8.77. The van der Waals surface area contributed by atoms with Gasteiger partial charge in [-0.1, -0.05) is 30.3 Å². The Bertz CT molecular complexity index is 1250. The van der Waals surface area contributed by atoms with Gasteiger partial charge in [-0.15, -0.1) is 0 Å². The summed E-state index contributed by atoms with van der Waals surface area (Å²) in [5.41, 5.74) is 6.52. The Hall–Kier alpha value is -3.76. The van der Waals surface area contributed by atoms with E-state index < -0.39 is 38.6 Å². The number of amides is 2. The summed E-state index contributed by atoms with van der Waals surface area (Å²) >= 11 is 0. The monoisotopic (exact) mass is 471 g/mol. The number of anilines is 1. The molecule has 0 saturated carbocycles. The first-order valence-corrected chi connectivity index (χ1v) is 11.3. The topological polar surface area (TPSA) is 128 Å². The molecule has 0 fully saturated rings. The summed E-state index contributed by atoms with van der Waals surface area (Å²) < 4.78 is 47.3. The van der Waals surface area contributed by atoms with Crippen molar-refractivity contribution in [2.24, 2.45) is 5.73 Å². The molecule has 3 rings (SSSR count). The molecule has 3 aromatic carbocycles. The number of primary amides is 1. The molecular formula is C23H22FN3O5S. The molecule has 1 unspecified atom stereocenters. The van der Waals surface area contributed by atoms with Crippen LogP contribution in [0, 0.1) is 5.82 Å². The highest BCUT2D eigenvalue weighted by molar-refractivity contribution is 7.89. The number of benzene rings is 3. The Morgan fingerprint density at radius 1 is 1.03 bits per heavy atom. The van der Waals surface area contributed by atoms with E-state index in [1.54, 1.807) is 30.3 Å². The van der Waals surface area contributed by atoms with Crippen LogP contribution in [0.2, 0.25) is 0 Å². The quantitative estimate of drug-likeness (QED) is 0.442. The molecule has 8 nitrogen and oxygen atoms in total. The molecule has 3 aromatic rings. The number of ether oxygens (including phenoxy) is 1. The third-order valence-corrected chi connectivity index (χ3v) is 6.24. The number of nitrogens with one attached hydrogen (secondary N) is 2. The van der Waals surface area contributed by atoms with Gasteiger partial charge in [-0.3, -0.25) is 9.59 Å². The lowest BCUT2D eigenvalue weighted by Gasteiger charge is -2.20. The predicted octanol–water partition coefficient (Wildman–Crippen LogP) is 2.46. The minimum atomic E-state index is -4.34. The molecule has 2 amide bonds. The van der Waals surface area contributed by atoms with E-state index in [0.29, 0.717) is 11.3 Å². The van der Waals surface area contributed by atoms with Gasteiger partial charge < -0.3 is 15.8 Å². The molecule has 0 saturated heterocycles. The molecule has 0 aromatic heterocycles. The van der Waals surface area contributed by atoms with Gasteiger partial charge in [0.25, 0.3) is 0 Å². The molecular weight excluding hydrogens is 449 g/mol. The third-order valence-electron chi connectivity index (χ3n) is 4.75. The fourth-order valence-electron chi connectivity index (χ4n) is 3.10. The zero-order valence-electron chi connectivity index (χ0n) is 17.6. The molecule has 0 radical (unpaired) electrons. The van der Waals surface area contributed by atoms with E-state index in [2.05, 4.69) is 10.0 Å². The van der Waals surface area contributed by atoms with Crippen LogP contribution in [-0.2, 0) is 21.2 Å². The van der Waals surface area contributed by atoms with Crippen molar-refractivity contribution in [2.75, 3.05) is 12.4 Å². The normalized spacial score (nSPS) is 12.1. The number of carbonyl (C=O) groups is 2. The van der Waals surface area contributed by atoms with E-state index in [4.69, 9.17) is 10.5 Å². The number of hydrogen-bond acceptors (Lipinski definition) is 5. The van der Waals surface area contributed by atoms with Crippen LogP contribution >= 0.6 is 0 Å². The lowest BCUT2D eigenvalue weighted by molar-refractivity contribution is -0.117. The zero-order valence-corrected chi connectivity index (χ0v) is 18.4. The second kappa shape index (κ2) is 10.2. The minimum Gasteiger partial charge on any atom is -0.495 e. The van der Waals surface area contributed by atoms with Crippen molar-refractivity contribution in [3.05, 3.63) is 89.7 Å². The number of carbonyl (C=O) groups excluding carboxylic acids is 2. The molecule has 0 heterocycles. The molecule has 0 aliphatic heterocycles. The number of hydrogen-bond donors (Lipinski definition) is 3. The standard InChI is InChI=1S/C23H22FN3O5S/c1-32-20-12-9-17(24)14-21(20)33(30,31)27-19(13-15-5-3-2-4-6-15)23(29)26-18-10-7-16(8-11-18)22(25)28/h2-12,14,19,27H,13H2,1H3,(H2,25,28)(H,26,29). The lowest BCUT2D eigenvalue weighted by atomic mass is 10.1. The first-order valence-electron chi connectivity index (χ1n) is 9.80. The fraction of sp³-hybridized carbons (Fsp3) is 0.130. The Labute approximate surface area is 190 Å². The first kappa shape index (κ1) is 23.9. The maximum atomic E-state index is 13.8. The highest BCUT2D eigenvalue weighted by Gasteiger charge is 2.29. The smallest absolute Gasteiger partial charge is 0.248 e. The van der Waals surface area contributed by atoms with Crippen LogP contribution in [0.25, 0.3) is 0 Å². The molecule has 4 N–H and O–H groups in total. The summed E-state index contributed by atoms with van der Waals surface area (Å²) in [7, 11) is -3.08. The van der Waals surface area contributed by atoms with E-state index in [9.17, 15) is 22.4 Å².